The maximum absolute atomic E-state index is 12.8. The highest BCUT2D eigenvalue weighted by Gasteiger charge is 2.46. The van der Waals surface area contributed by atoms with Crippen molar-refractivity contribution in [3.63, 3.8) is 0 Å². The molecule has 0 unspecified atom stereocenters. The fourth-order valence-electron chi connectivity index (χ4n) is 3.28. The third-order valence-electron chi connectivity index (χ3n) is 4.79. The summed E-state index contributed by atoms with van der Waals surface area (Å²) >= 11 is 0. The molecule has 0 aromatic heterocycles. The molecule has 2 aliphatic heterocycles. The number of urea groups is 1. The van der Waals surface area contributed by atoms with Crippen molar-refractivity contribution in [2.24, 2.45) is 0 Å². The maximum Gasteiger partial charge on any atom is 0.322 e. The van der Waals surface area contributed by atoms with Gasteiger partial charge in [0.2, 0.25) is 0 Å². The zero-order chi connectivity index (χ0) is 15.4. The number of carbonyl (C=O) groups is 2. The molecule has 5 nitrogen and oxygen atoms in total. The number of nitrogens with zero attached hydrogens (tertiary/aromatic N) is 2. The summed E-state index contributed by atoms with van der Waals surface area (Å²) in [6.07, 6.45) is 2.15. The first-order valence-corrected chi connectivity index (χ1v) is 7.71. The topological polar surface area (TPSA) is 52.7 Å². The van der Waals surface area contributed by atoms with Crippen LogP contribution in [-0.4, -0.2) is 41.4 Å². The second-order valence-corrected chi connectivity index (χ2v) is 6.38. The first-order chi connectivity index (χ1) is 10.6. The standard InChI is InChI=1S/C17H19N3O2/c1-10-3-5-11(6-4-10)15-14-13(19(2)17(22)18-15)9-20(16(14)21)12-7-8-12/h3-6,12,15H,7-9H2,1-2H3,(H,18,22)/t15-/m0/s1. The third-order valence-corrected chi connectivity index (χ3v) is 4.79. The van der Waals surface area contributed by atoms with Gasteiger partial charge < -0.3 is 10.2 Å². The van der Waals surface area contributed by atoms with Crippen LogP contribution in [0.2, 0.25) is 0 Å². The predicted octanol–water partition coefficient (Wildman–Crippen LogP) is 1.95. The minimum Gasteiger partial charge on any atom is -0.330 e. The van der Waals surface area contributed by atoms with Gasteiger partial charge in [0.25, 0.3) is 5.91 Å². The lowest BCUT2D eigenvalue weighted by Crippen LogP contribution is -2.45. The van der Waals surface area contributed by atoms with Gasteiger partial charge in [-0.05, 0) is 25.3 Å². The van der Waals surface area contributed by atoms with E-state index in [0.717, 1.165) is 35.2 Å². The normalized spacial score (nSPS) is 24.7. The Bertz CT molecular complexity index is 688. The van der Waals surface area contributed by atoms with E-state index in [-0.39, 0.29) is 18.0 Å². The molecule has 0 spiro atoms. The van der Waals surface area contributed by atoms with E-state index in [0.29, 0.717) is 12.6 Å². The van der Waals surface area contributed by atoms with Crippen LogP contribution in [0.15, 0.2) is 35.5 Å². The predicted molar refractivity (Wildman–Crippen MR) is 82.0 cm³/mol. The number of amides is 3. The van der Waals surface area contributed by atoms with Crippen molar-refractivity contribution in [2.75, 3.05) is 13.6 Å². The zero-order valence-electron chi connectivity index (χ0n) is 12.8. The Hall–Kier alpha value is -2.30. The van der Waals surface area contributed by atoms with E-state index in [1.807, 2.05) is 36.1 Å². The highest BCUT2D eigenvalue weighted by Crippen LogP contribution is 2.40. The summed E-state index contributed by atoms with van der Waals surface area (Å²) in [7, 11) is 1.74. The van der Waals surface area contributed by atoms with Crippen molar-refractivity contribution < 1.29 is 9.59 Å². The monoisotopic (exact) mass is 297 g/mol. The lowest BCUT2D eigenvalue weighted by Gasteiger charge is -2.31. The van der Waals surface area contributed by atoms with Crippen LogP contribution < -0.4 is 5.32 Å². The van der Waals surface area contributed by atoms with Gasteiger partial charge in [-0.15, -0.1) is 0 Å². The van der Waals surface area contributed by atoms with Gasteiger partial charge in [-0.2, -0.15) is 0 Å². The van der Waals surface area contributed by atoms with E-state index >= 15 is 0 Å². The highest BCUT2D eigenvalue weighted by molar-refractivity contribution is 6.01. The van der Waals surface area contributed by atoms with Crippen LogP contribution in [0, 0.1) is 6.92 Å². The van der Waals surface area contributed by atoms with Gasteiger partial charge >= 0.3 is 6.03 Å². The van der Waals surface area contributed by atoms with E-state index in [2.05, 4.69) is 5.32 Å². The molecule has 5 heteroatoms. The molecule has 22 heavy (non-hydrogen) atoms. The van der Waals surface area contributed by atoms with E-state index in [1.165, 1.54) is 0 Å². The number of hydrogen-bond donors (Lipinski definition) is 1. The number of rotatable bonds is 2. The van der Waals surface area contributed by atoms with Crippen LogP contribution in [0.25, 0.3) is 0 Å². The van der Waals surface area contributed by atoms with Gasteiger partial charge in [0.05, 0.1) is 23.9 Å². The summed E-state index contributed by atoms with van der Waals surface area (Å²) in [6, 6.07) is 7.88. The molecule has 3 amide bonds. The fraction of sp³-hybridized carbons (Fsp3) is 0.412. The Balaban J connectivity index is 1.76. The Morgan fingerprint density at radius 2 is 1.82 bits per heavy atom. The fourth-order valence-corrected chi connectivity index (χ4v) is 3.28. The molecule has 1 N–H and O–H groups in total. The number of aryl methyl sites for hydroxylation is 1. The second-order valence-electron chi connectivity index (χ2n) is 6.38. The van der Waals surface area contributed by atoms with E-state index in [4.69, 9.17) is 0 Å². The molecule has 1 atom stereocenters. The minimum absolute atomic E-state index is 0.0786. The van der Waals surface area contributed by atoms with Crippen LogP contribution in [0.4, 0.5) is 4.79 Å². The van der Waals surface area contributed by atoms with Crippen LogP contribution in [0.5, 0.6) is 0 Å². The Morgan fingerprint density at radius 1 is 1.14 bits per heavy atom. The molecule has 0 saturated heterocycles. The van der Waals surface area contributed by atoms with Crippen LogP contribution >= 0.6 is 0 Å². The summed E-state index contributed by atoms with van der Waals surface area (Å²) in [5.74, 6) is 0.0786. The SMILES string of the molecule is Cc1ccc([C@@H]2NC(=O)N(C)C3=C2C(=O)N(C2CC2)C3)cc1. The second kappa shape index (κ2) is 4.60. The summed E-state index contributed by atoms with van der Waals surface area (Å²) < 4.78 is 0. The molecule has 1 saturated carbocycles. The van der Waals surface area contributed by atoms with Gasteiger partial charge in [-0.3, -0.25) is 9.69 Å². The van der Waals surface area contributed by atoms with Gasteiger partial charge in [0.1, 0.15) is 0 Å². The highest BCUT2D eigenvalue weighted by atomic mass is 16.2. The van der Waals surface area contributed by atoms with Crippen molar-refractivity contribution >= 4 is 11.9 Å². The first-order valence-electron chi connectivity index (χ1n) is 7.71. The van der Waals surface area contributed by atoms with Gasteiger partial charge in [0, 0.05) is 13.1 Å². The summed E-state index contributed by atoms with van der Waals surface area (Å²) in [5, 5.41) is 2.97. The number of hydrogen-bond acceptors (Lipinski definition) is 2. The molecule has 114 valence electrons. The van der Waals surface area contributed by atoms with Crippen LogP contribution in [0.3, 0.4) is 0 Å². The molecule has 1 fully saturated rings. The molecule has 1 aromatic rings. The lowest BCUT2D eigenvalue weighted by atomic mass is 9.95. The van der Waals surface area contributed by atoms with Gasteiger partial charge in [-0.1, -0.05) is 29.8 Å². The van der Waals surface area contributed by atoms with Crippen molar-refractivity contribution in [3.05, 3.63) is 46.7 Å². The molecular formula is C17H19N3O2. The smallest absolute Gasteiger partial charge is 0.322 e. The van der Waals surface area contributed by atoms with E-state index in [9.17, 15) is 9.59 Å². The third kappa shape index (κ3) is 1.92. The van der Waals surface area contributed by atoms with Crippen molar-refractivity contribution in [1.82, 2.24) is 15.1 Å². The van der Waals surface area contributed by atoms with Gasteiger partial charge in [-0.25, -0.2) is 4.79 Å². The summed E-state index contributed by atoms with van der Waals surface area (Å²) in [4.78, 5) is 28.6. The van der Waals surface area contributed by atoms with Crippen LogP contribution in [0.1, 0.15) is 30.0 Å². The molecule has 4 rings (SSSR count). The number of carbonyl (C=O) groups excluding carboxylic acids is 2. The molecule has 3 aliphatic rings. The molecule has 1 aromatic carbocycles. The molecule has 1 aliphatic carbocycles. The van der Waals surface area contributed by atoms with E-state index in [1.54, 1.807) is 11.9 Å². The maximum atomic E-state index is 12.8. The van der Waals surface area contributed by atoms with Crippen molar-refractivity contribution in [1.29, 1.82) is 0 Å². The molecular weight excluding hydrogens is 278 g/mol. The molecule has 0 radical (unpaired) electrons. The Kier molecular flexibility index (Phi) is 2.79. The average molecular weight is 297 g/mol. The quantitative estimate of drug-likeness (QED) is 0.907. The van der Waals surface area contributed by atoms with Crippen molar-refractivity contribution in [3.8, 4) is 0 Å². The summed E-state index contributed by atoms with van der Waals surface area (Å²) in [6.45, 7) is 2.59. The number of nitrogens with one attached hydrogen (secondary N) is 1. The van der Waals surface area contributed by atoms with Gasteiger partial charge in [0.15, 0.2) is 0 Å². The number of likely N-dealkylation sites (N-methyl/N-ethyl adjacent to an activating group) is 1. The first kappa shape index (κ1) is 13.4. The van der Waals surface area contributed by atoms with Crippen LogP contribution in [-0.2, 0) is 4.79 Å². The van der Waals surface area contributed by atoms with E-state index < -0.39 is 0 Å². The van der Waals surface area contributed by atoms with Crippen molar-refractivity contribution in [2.45, 2.75) is 31.8 Å². The largest absolute Gasteiger partial charge is 0.330 e. The minimum atomic E-state index is -0.337. The Labute approximate surface area is 129 Å². The molecule has 0 bridgehead atoms. The molecule has 2 heterocycles. The average Bonchev–Trinajstić information content (AvgIpc) is 3.28. The number of benzene rings is 1. The summed E-state index contributed by atoms with van der Waals surface area (Å²) in [5.41, 5.74) is 3.71. The Morgan fingerprint density at radius 3 is 2.45 bits per heavy atom. The lowest BCUT2D eigenvalue weighted by molar-refractivity contribution is -0.126. The zero-order valence-corrected chi connectivity index (χ0v) is 12.8.